The number of ether oxygens (including phenoxy) is 1. The summed E-state index contributed by atoms with van der Waals surface area (Å²) < 4.78 is 22.4. The lowest BCUT2D eigenvalue weighted by atomic mass is 9.81. The van der Waals surface area contributed by atoms with Crippen LogP contribution < -0.4 is 10.6 Å². The lowest BCUT2D eigenvalue weighted by Gasteiger charge is -2.29. The van der Waals surface area contributed by atoms with Gasteiger partial charge in [-0.2, -0.15) is 0 Å². The summed E-state index contributed by atoms with van der Waals surface area (Å²) in [5, 5.41) is 6.46. The maximum atomic E-state index is 14.7. The molecular formula is C23H25FN4O2. The van der Waals surface area contributed by atoms with Crippen molar-refractivity contribution in [1.82, 2.24) is 20.0 Å². The number of aromatic nitrogens is 2. The second kappa shape index (κ2) is 7.40. The summed E-state index contributed by atoms with van der Waals surface area (Å²) in [6, 6.07) is 1.69. The number of hydrogen-bond acceptors (Lipinski definition) is 4. The molecule has 1 fully saturated rings. The number of fused-ring (bicyclic) bond motifs is 2. The van der Waals surface area contributed by atoms with Gasteiger partial charge in [0.1, 0.15) is 6.10 Å². The van der Waals surface area contributed by atoms with Crippen LogP contribution in [-0.2, 0) is 9.53 Å². The number of aryl methyl sites for hydroxylation is 1. The molecule has 0 bridgehead atoms. The summed E-state index contributed by atoms with van der Waals surface area (Å²) in [5.41, 5.74) is 3.39. The molecule has 3 aliphatic rings. The van der Waals surface area contributed by atoms with Crippen molar-refractivity contribution in [2.75, 3.05) is 13.1 Å². The molecule has 2 aromatic heterocycles. The van der Waals surface area contributed by atoms with E-state index in [1.165, 1.54) is 6.07 Å². The van der Waals surface area contributed by atoms with Crippen molar-refractivity contribution in [1.29, 1.82) is 0 Å². The van der Waals surface area contributed by atoms with Crippen molar-refractivity contribution in [2.45, 2.75) is 38.8 Å². The van der Waals surface area contributed by atoms with E-state index in [-0.39, 0.29) is 23.7 Å². The van der Waals surface area contributed by atoms with Crippen molar-refractivity contribution < 1.29 is 13.9 Å². The topological polar surface area (TPSA) is 67.7 Å². The van der Waals surface area contributed by atoms with Gasteiger partial charge in [-0.1, -0.05) is 6.08 Å². The zero-order chi connectivity index (χ0) is 20.8. The molecule has 2 aromatic rings. The number of pyridine rings is 1. The van der Waals surface area contributed by atoms with Gasteiger partial charge >= 0.3 is 0 Å². The van der Waals surface area contributed by atoms with Gasteiger partial charge in [0.05, 0.1) is 17.0 Å². The third-order valence-electron chi connectivity index (χ3n) is 6.06. The summed E-state index contributed by atoms with van der Waals surface area (Å²) >= 11 is 0. The Balaban J connectivity index is 1.49. The molecule has 6 nitrogen and oxygen atoms in total. The number of carbonyl (C=O) groups is 1. The summed E-state index contributed by atoms with van der Waals surface area (Å²) in [7, 11) is 0. The fourth-order valence-electron chi connectivity index (χ4n) is 4.61. The maximum Gasteiger partial charge on any atom is 0.251 e. The van der Waals surface area contributed by atoms with Gasteiger partial charge in [0.15, 0.2) is 11.5 Å². The van der Waals surface area contributed by atoms with Gasteiger partial charge in [-0.25, -0.2) is 9.37 Å². The first kappa shape index (κ1) is 19.1. The molecule has 2 unspecified atom stereocenters. The molecule has 0 radical (unpaired) electrons. The highest BCUT2D eigenvalue weighted by atomic mass is 19.1. The molecule has 1 amide bonds. The minimum atomic E-state index is -0.394. The van der Waals surface area contributed by atoms with Crippen LogP contribution in [0.15, 0.2) is 48.0 Å². The first-order valence-electron chi connectivity index (χ1n) is 10.4. The second-order valence-corrected chi connectivity index (χ2v) is 8.27. The Bertz CT molecular complexity index is 1110. The number of hydrogen-bond donors (Lipinski definition) is 2. The molecule has 4 heterocycles. The second-order valence-electron chi connectivity index (χ2n) is 8.27. The first-order chi connectivity index (χ1) is 14.5. The predicted octanol–water partition coefficient (Wildman–Crippen LogP) is 2.89. The Morgan fingerprint density at radius 3 is 2.87 bits per heavy atom. The number of rotatable bonds is 3. The van der Waals surface area contributed by atoms with E-state index in [0.717, 1.165) is 48.5 Å². The van der Waals surface area contributed by atoms with E-state index in [4.69, 9.17) is 4.74 Å². The molecule has 0 saturated carbocycles. The van der Waals surface area contributed by atoms with Crippen LogP contribution >= 0.6 is 0 Å². The van der Waals surface area contributed by atoms with Gasteiger partial charge in [0, 0.05) is 24.4 Å². The van der Waals surface area contributed by atoms with E-state index < -0.39 is 6.10 Å². The van der Waals surface area contributed by atoms with E-state index in [9.17, 15) is 9.18 Å². The molecule has 30 heavy (non-hydrogen) atoms. The average Bonchev–Trinajstić information content (AvgIpc) is 3.29. The minimum absolute atomic E-state index is 0.0813. The van der Waals surface area contributed by atoms with E-state index in [1.807, 2.05) is 44.5 Å². The highest BCUT2D eigenvalue weighted by Crippen LogP contribution is 2.41. The van der Waals surface area contributed by atoms with Crippen LogP contribution in [0.5, 0.6) is 0 Å². The fraction of sp³-hybridized carbons (Fsp3) is 0.391. The number of allylic oxidation sites excluding steroid dienone is 3. The van der Waals surface area contributed by atoms with E-state index >= 15 is 0 Å². The Labute approximate surface area is 174 Å². The van der Waals surface area contributed by atoms with Gasteiger partial charge in [0.25, 0.3) is 5.91 Å². The number of imidazole rings is 1. The molecule has 1 saturated heterocycles. The molecule has 7 heteroatoms. The Kier molecular flexibility index (Phi) is 4.70. The van der Waals surface area contributed by atoms with Gasteiger partial charge in [-0.15, -0.1) is 0 Å². The molecule has 1 aliphatic carbocycles. The van der Waals surface area contributed by atoms with Crippen molar-refractivity contribution in [3.05, 3.63) is 65.1 Å². The van der Waals surface area contributed by atoms with Crippen LogP contribution in [0.25, 0.3) is 11.2 Å². The molecule has 2 N–H and O–H groups in total. The van der Waals surface area contributed by atoms with Crippen LogP contribution in [0.1, 0.15) is 31.0 Å². The predicted molar refractivity (Wildman–Crippen MR) is 112 cm³/mol. The average molecular weight is 408 g/mol. The lowest BCUT2D eigenvalue weighted by molar-refractivity contribution is -0.119. The molecular weight excluding hydrogens is 383 g/mol. The number of nitrogens with one attached hydrogen (secondary N) is 2. The standard InChI is InChI=1S/C23H25FN4O2/c1-13-11-28-12-15(10-20(24)22(28)26-13)17-3-4-18(21-19(17)9-14(2)30-21)23(29)27-16-5-7-25-8-6-16/h3-4,9-12,16,19,21,25H,5-8H2,1-2H3,(H,27,29). The number of halogens is 1. The zero-order valence-electron chi connectivity index (χ0n) is 17.1. The zero-order valence-corrected chi connectivity index (χ0v) is 17.1. The highest BCUT2D eigenvalue weighted by molar-refractivity contribution is 5.97. The van der Waals surface area contributed by atoms with Crippen molar-refractivity contribution in [3.63, 3.8) is 0 Å². The molecule has 0 spiro atoms. The highest BCUT2D eigenvalue weighted by Gasteiger charge is 2.39. The number of piperidine rings is 1. The van der Waals surface area contributed by atoms with Crippen LogP contribution in [-0.4, -0.2) is 40.5 Å². The third-order valence-corrected chi connectivity index (χ3v) is 6.06. The largest absolute Gasteiger partial charge is 0.489 e. The van der Waals surface area contributed by atoms with Gasteiger partial charge < -0.3 is 19.8 Å². The Morgan fingerprint density at radius 1 is 1.27 bits per heavy atom. The molecule has 2 atom stereocenters. The smallest absolute Gasteiger partial charge is 0.251 e. The first-order valence-corrected chi connectivity index (χ1v) is 10.4. The van der Waals surface area contributed by atoms with Gasteiger partial charge in [-0.3, -0.25) is 4.79 Å². The molecule has 0 aromatic carbocycles. The summed E-state index contributed by atoms with van der Waals surface area (Å²) in [6.45, 7) is 5.56. The van der Waals surface area contributed by atoms with E-state index in [0.29, 0.717) is 11.2 Å². The molecule has 5 rings (SSSR count). The van der Waals surface area contributed by atoms with Gasteiger partial charge in [-0.05, 0) is 69.1 Å². The lowest BCUT2D eigenvalue weighted by Crippen LogP contribution is -2.45. The van der Waals surface area contributed by atoms with Crippen molar-refractivity contribution in [2.24, 2.45) is 5.92 Å². The van der Waals surface area contributed by atoms with Gasteiger partial charge in [0.2, 0.25) is 0 Å². The fourth-order valence-corrected chi connectivity index (χ4v) is 4.61. The van der Waals surface area contributed by atoms with Crippen LogP contribution in [0, 0.1) is 18.7 Å². The summed E-state index contributed by atoms with van der Waals surface area (Å²) in [4.78, 5) is 17.2. The monoisotopic (exact) mass is 408 g/mol. The quantitative estimate of drug-likeness (QED) is 0.820. The number of carbonyl (C=O) groups excluding carboxylic acids is 1. The summed E-state index contributed by atoms with van der Waals surface area (Å²) in [5.74, 6) is 0.196. The normalized spacial score (nSPS) is 24.0. The Hall–Kier alpha value is -2.93. The number of amides is 1. The van der Waals surface area contributed by atoms with Crippen LogP contribution in [0.2, 0.25) is 0 Å². The maximum absolute atomic E-state index is 14.7. The number of nitrogens with zero attached hydrogens (tertiary/aromatic N) is 2. The summed E-state index contributed by atoms with van der Waals surface area (Å²) in [6.07, 6.45) is 10.9. The van der Waals surface area contributed by atoms with Crippen LogP contribution in [0.3, 0.4) is 0 Å². The molecule has 2 aliphatic heterocycles. The van der Waals surface area contributed by atoms with E-state index in [1.54, 1.807) is 4.40 Å². The Morgan fingerprint density at radius 2 is 2.07 bits per heavy atom. The van der Waals surface area contributed by atoms with Crippen LogP contribution in [0.4, 0.5) is 4.39 Å². The third kappa shape index (κ3) is 3.33. The minimum Gasteiger partial charge on any atom is -0.489 e. The van der Waals surface area contributed by atoms with E-state index in [2.05, 4.69) is 15.6 Å². The molecule has 156 valence electrons. The SMILES string of the molecule is CC1=CC2C(c3cc(F)c4nc(C)cn4c3)=CC=C(C(=O)NC3CCNCC3)C2O1. The van der Waals surface area contributed by atoms with Crippen molar-refractivity contribution in [3.8, 4) is 0 Å². The van der Waals surface area contributed by atoms with Crippen molar-refractivity contribution >= 4 is 17.1 Å².